The number of benzene rings is 1. The monoisotopic (exact) mass is 461 g/mol. The van der Waals surface area contributed by atoms with Crippen molar-refractivity contribution in [3.8, 4) is 0 Å². The van der Waals surface area contributed by atoms with Gasteiger partial charge in [-0.05, 0) is 12.1 Å². The highest BCUT2D eigenvalue weighted by Gasteiger charge is 2.25. The second kappa shape index (κ2) is 8.39. The second-order valence-electron chi connectivity index (χ2n) is 5.15. The maximum atomic E-state index is 13.7. The quantitative estimate of drug-likeness (QED) is 0.369. The fraction of sp³-hybridized carbons (Fsp3) is 0. The number of thiophene rings is 1. The molecule has 0 spiro atoms. The van der Waals surface area contributed by atoms with Crippen molar-refractivity contribution in [2.75, 3.05) is 5.32 Å². The van der Waals surface area contributed by atoms with Gasteiger partial charge in [0.1, 0.15) is 20.7 Å². The van der Waals surface area contributed by atoms with E-state index in [2.05, 4.69) is 10.3 Å². The summed E-state index contributed by atoms with van der Waals surface area (Å²) < 4.78 is 27.1. The Hall–Kier alpha value is -2.27. The van der Waals surface area contributed by atoms with Gasteiger partial charge >= 0.3 is 0 Å². The van der Waals surface area contributed by atoms with E-state index in [0.717, 1.165) is 47.4 Å². The van der Waals surface area contributed by atoms with Crippen molar-refractivity contribution in [1.82, 2.24) is 4.98 Å². The summed E-state index contributed by atoms with van der Waals surface area (Å²) in [5.74, 6) is -2.41. The van der Waals surface area contributed by atoms with E-state index in [1.54, 1.807) is 0 Å². The summed E-state index contributed by atoms with van der Waals surface area (Å²) in [5, 5.41) is 13.9. The number of anilines is 1. The van der Waals surface area contributed by atoms with Gasteiger partial charge in [0.2, 0.25) is 0 Å². The average Bonchev–Trinajstić information content (AvgIpc) is 3.06. The molecule has 0 aliphatic carbocycles. The summed E-state index contributed by atoms with van der Waals surface area (Å²) in [5.41, 5.74) is -0.723. The van der Waals surface area contributed by atoms with Crippen LogP contribution in [0.1, 0.15) is 9.67 Å². The zero-order valence-corrected chi connectivity index (χ0v) is 16.6. The molecule has 0 radical (unpaired) electrons. The number of carbonyl (C=O) groups excluding carboxylic acids is 1. The lowest BCUT2D eigenvalue weighted by atomic mass is 10.3. The molecule has 28 heavy (non-hydrogen) atoms. The van der Waals surface area contributed by atoms with E-state index in [1.807, 2.05) is 0 Å². The first kappa shape index (κ1) is 20.5. The summed E-state index contributed by atoms with van der Waals surface area (Å²) in [4.78, 5) is 27.1. The van der Waals surface area contributed by atoms with Crippen LogP contribution < -0.4 is 5.32 Å². The second-order valence-corrected chi connectivity index (χ2v) is 8.30. The van der Waals surface area contributed by atoms with Gasteiger partial charge in [0.25, 0.3) is 11.6 Å². The summed E-state index contributed by atoms with van der Waals surface area (Å²) in [6, 6.07) is 3.61. The highest BCUT2D eigenvalue weighted by Crippen LogP contribution is 2.45. The first-order valence-corrected chi connectivity index (χ1v) is 9.66. The number of hydrogen-bond acceptors (Lipinski definition) is 6. The van der Waals surface area contributed by atoms with E-state index < -0.39 is 22.5 Å². The van der Waals surface area contributed by atoms with Crippen molar-refractivity contribution in [3.05, 3.63) is 73.3 Å². The fourth-order valence-corrected chi connectivity index (χ4v) is 4.80. The molecule has 1 amide bonds. The number of amides is 1. The van der Waals surface area contributed by atoms with Gasteiger partial charge in [0.15, 0.2) is 0 Å². The summed E-state index contributed by atoms with van der Waals surface area (Å²) in [6.07, 6.45) is 2.66. The number of nitrogens with zero attached hydrogens (tertiary/aromatic N) is 2. The third kappa shape index (κ3) is 4.41. The lowest BCUT2D eigenvalue weighted by Gasteiger charge is -2.05. The maximum absolute atomic E-state index is 13.7. The van der Waals surface area contributed by atoms with Crippen LogP contribution in [-0.2, 0) is 0 Å². The van der Waals surface area contributed by atoms with E-state index in [9.17, 15) is 23.7 Å². The molecule has 2 aromatic heterocycles. The number of nitrogens with one attached hydrogen (secondary N) is 1. The average molecular weight is 462 g/mol. The number of hydrogen-bond donors (Lipinski definition) is 1. The molecule has 144 valence electrons. The Labute approximate surface area is 174 Å². The highest BCUT2D eigenvalue weighted by atomic mass is 35.5. The molecule has 0 atom stereocenters. The smallest absolute Gasteiger partial charge is 0.294 e. The molecule has 0 saturated carbocycles. The first-order valence-electron chi connectivity index (χ1n) is 7.27. The lowest BCUT2D eigenvalue weighted by molar-refractivity contribution is -0.387. The van der Waals surface area contributed by atoms with Gasteiger partial charge in [-0.15, -0.1) is 11.3 Å². The summed E-state index contributed by atoms with van der Waals surface area (Å²) in [6.45, 7) is 0. The number of nitro groups is 1. The molecule has 0 bridgehead atoms. The molecular weight excluding hydrogens is 455 g/mol. The predicted molar refractivity (Wildman–Crippen MR) is 104 cm³/mol. The van der Waals surface area contributed by atoms with Crippen LogP contribution >= 0.6 is 46.3 Å². The van der Waals surface area contributed by atoms with Crippen LogP contribution in [0.25, 0.3) is 0 Å². The number of aromatic nitrogens is 1. The molecule has 3 rings (SSSR count). The van der Waals surface area contributed by atoms with Gasteiger partial charge in [0.05, 0.1) is 25.6 Å². The van der Waals surface area contributed by atoms with E-state index >= 15 is 0 Å². The van der Waals surface area contributed by atoms with Crippen molar-refractivity contribution in [2.45, 2.75) is 9.10 Å². The highest BCUT2D eigenvalue weighted by molar-refractivity contribution is 8.01. The number of halogens is 4. The predicted octanol–water partition coefficient (Wildman–Crippen LogP) is 6.04. The van der Waals surface area contributed by atoms with Crippen LogP contribution in [0, 0.1) is 21.7 Å². The third-order valence-electron chi connectivity index (χ3n) is 3.28. The molecule has 0 unspecified atom stereocenters. The Morgan fingerprint density at radius 3 is 2.54 bits per heavy atom. The van der Waals surface area contributed by atoms with Crippen molar-refractivity contribution < 1.29 is 18.5 Å². The minimum atomic E-state index is -0.842. The third-order valence-corrected chi connectivity index (χ3v) is 6.53. The van der Waals surface area contributed by atoms with Crippen LogP contribution in [0.2, 0.25) is 10.0 Å². The molecule has 1 N–H and O–H groups in total. The van der Waals surface area contributed by atoms with Crippen molar-refractivity contribution in [2.24, 2.45) is 0 Å². The Morgan fingerprint density at radius 2 is 1.89 bits per heavy atom. The van der Waals surface area contributed by atoms with Gasteiger partial charge < -0.3 is 5.32 Å². The Morgan fingerprint density at radius 1 is 1.21 bits per heavy atom. The Kier molecular flexibility index (Phi) is 6.14. The first-order chi connectivity index (χ1) is 13.3. The largest absolute Gasteiger partial charge is 0.319 e. The summed E-state index contributed by atoms with van der Waals surface area (Å²) >= 11 is 13.8. The van der Waals surface area contributed by atoms with Crippen molar-refractivity contribution in [1.29, 1.82) is 0 Å². The van der Waals surface area contributed by atoms with Gasteiger partial charge in [-0.25, -0.2) is 8.78 Å². The van der Waals surface area contributed by atoms with Crippen LogP contribution in [0.3, 0.4) is 0 Å². The van der Waals surface area contributed by atoms with Gasteiger partial charge in [0, 0.05) is 24.5 Å². The SMILES string of the molecule is O=C(Nc1cc(F)ccc1F)c1cc([N+](=O)[O-])c(Sc2c(Cl)cncc2Cl)s1. The zero-order valence-electron chi connectivity index (χ0n) is 13.4. The molecule has 3 aromatic rings. The normalized spacial score (nSPS) is 10.7. The fourth-order valence-electron chi connectivity index (χ4n) is 2.04. The minimum absolute atomic E-state index is 0.0702. The van der Waals surface area contributed by atoms with Crippen LogP contribution in [0.5, 0.6) is 0 Å². The van der Waals surface area contributed by atoms with Gasteiger partial charge in [-0.2, -0.15) is 0 Å². The number of pyridine rings is 1. The zero-order chi connectivity index (χ0) is 20.4. The standard InChI is InChI=1S/C16H7Cl2F2N3O3S2/c17-8-5-21-6-9(18)14(8)28-16-12(23(25)26)4-13(27-16)15(24)22-11-3-7(19)1-2-10(11)20/h1-6H,(H,22,24). The molecule has 0 fully saturated rings. The molecule has 6 nitrogen and oxygen atoms in total. The lowest BCUT2D eigenvalue weighted by Crippen LogP contribution is -2.11. The van der Waals surface area contributed by atoms with Gasteiger partial charge in [-0.3, -0.25) is 19.9 Å². The molecule has 2 heterocycles. The molecule has 12 heteroatoms. The van der Waals surface area contributed by atoms with E-state index in [0.29, 0.717) is 4.90 Å². The van der Waals surface area contributed by atoms with Crippen LogP contribution in [0.15, 0.2) is 45.8 Å². The van der Waals surface area contributed by atoms with Crippen molar-refractivity contribution in [3.63, 3.8) is 0 Å². The van der Waals surface area contributed by atoms with Crippen LogP contribution in [-0.4, -0.2) is 15.8 Å². The number of carbonyl (C=O) groups is 1. The van der Waals surface area contributed by atoms with E-state index in [-0.39, 0.29) is 30.5 Å². The minimum Gasteiger partial charge on any atom is -0.319 e. The molecule has 0 aliphatic heterocycles. The van der Waals surface area contributed by atoms with E-state index in [1.165, 1.54) is 12.4 Å². The summed E-state index contributed by atoms with van der Waals surface area (Å²) in [7, 11) is 0. The van der Waals surface area contributed by atoms with Gasteiger partial charge in [-0.1, -0.05) is 35.0 Å². The Bertz CT molecular complexity index is 1070. The van der Waals surface area contributed by atoms with Crippen molar-refractivity contribution >= 4 is 63.6 Å². The molecule has 0 saturated heterocycles. The van der Waals surface area contributed by atoms with Crippen LogP contribution in [0.4, 0.5) is 20.2 Å². The number of rotatable bonds is 5. The maximum Gasteiger partial charge on any atom is 0.294 e. The molecular formula is C16H7Cl2F2N3O3S2. The topological polar surface area (TPSA) is 85.1 Å². The molecule has 1 aromatic carbocycles. The molecule has 0 aliphatic rings. The van der Waals surface area contributed by atoms with E-state index in [4.69, 9.17) is 23.2 Å². The Balaban J connectivity index is 1.93.